The van der Waals surface area contributed by atoms with Crippen LogP contribution in [0.4, 0.5) is 5.69 Å². The number of halogens is 1. The Balaban J connectivity index is 1.69. The lowest BCUT2D eigenvalue weighted by atomic mass is 10.2. The van der Waals surface area contributed by atoms with Crippen molar-refractivity contribution in [1.82, 2.24) is 4.98 Å². The third kappa shape index (κ3) is 3.95. The summed E-state index contributed by atoms with van der Waals surface area (Å²) in [7, 11) is 0. The smallest absolute Gasteiger partial charge is 0.302 e. The van der Waals surface area contributed by atoms with E-state index in [1.165, 1.54) is 0 Å². The van der Waals surface area contributed by atoms with Crippen LogP contribution in [0.2, 0.25) is 0 Å². The molecular formula is C17H11IN4O3. The first-order valence-electron chi connectivity index (χ1n) is 7.14. The average molecular weight is 446 g/mol. The second kappa shape index (κ2) is 7.31. The van der Waals surface area contributed by atoms with Gasteiger partial charge in [-0.25, -0.2) is 0 Å². The number of hydrogen-bond acceptors (Lipinski definition) is 5. The van der Waals surface area contributed by atoms with Gasteiger partial charge in [0.15, 0.2) is 12.3 Å². The Morgan fingerprint density at radius 2 is 2.04 bits per heavy atom. The average Bonchev–Trinajstić information content (AvgIpc) is 2.93. The molecule has 25 heavy (non-hydrogen) atoms. The summed E-state index contributed by atoms with van der Waals surface area (Å²) in [5.41, 5.74) is 1.41. The summed E-state index contributed by atoms with van der Waals surface area (Å²) in [5, 5.41) is 26.7. The minimum atomic E-state index is -0.594. The maximum atomic E-state index is 11.8. The van der Waals surface area contributed by atoms with Crippen LogP contribution in [0.1, 0.15) is 5.56 Å². The normalized spacial score (nSPS) is 10.9. The quantitative estimate of drug-likeness (QED) is 0.466. The highest BCUT2D eigenvalue weighted by molar-refractivity contribution is 14.1. The summed E-state index contributed by atoms with van der Waals surface area (Å²) in [6, 6.07) is 13.9. The fourth-order valence-electron chi connectivity index (χ4n) is 2.14. The molecule has 3 aromatic rings. The van der Waals surface area contributed by atoms with Gasteiger partial charge >= 0.3 is 5.91 Å². The van der Waals surface area contributed by atoms with E-state index in [0.717, 1.165) is 3.57 Å². The minimum Gasteiger partial charge on any atom is -0.493 e. The van der Waals surface area contributed by atoms with E-state index >= 15 is 0 Å². The predicted octanol–water partition coefficient (Wildman–Crippen LogP) is 4.04. The molecule has 7 nitrogen and oxygen atoms in total. The number of carbonyl (C=O) groups excluding carboxylic acids is 1. The van der Waals surface area contributed by atoms with E-state index in [1.54, 1.807) is 24.3 Å². The van der Waals surface area contributed by atoms with Crippen LogP contribution in [0.25, 0.3) is 10.9 Å². The monoisotopic (exact) mass is 446 g/mol. The number of aromatic amines is 1. The molecule has 0 radical (unpaired) electrons. The van der Waals surface area contributed by atoms with Crippen LogP contribution in [0.5, 0.6) is 11.6 Å². The largest absolute Gasteiger partial charge is 0.493 e. The molecular weight excluding hydrogens is 435 g/mol. The summed E-state index contributed by atoms with van der Waals surface area (Å²) in [5.74, 6) is -0.294. The van der Waals surface area contributed by atoms with Gasteiger partial charge in [-0.1, -0.05) is 0 Å². The van der Waals surface area contributed by atoms with Crippen LogP contribution < -0.4 is 4.74 Å². The maximum Gasteiger partial charge on any atom is 0.302 e. The highest BCUT2D eigenvalue weighted by Crippen LogP contribution is 2.36. The first-order chi connectivity index (χ1) is 12.1. The maximum absolute atomic E-state index is 11.8. The number of aromatic hydroxyl groups is 1. The zero-order chi connectivity index (χ0) is 17.8. The van der Waals surface area contributed by atoms with E-state index in [-0.39, 0.29) is 18.2 Å². The molecule has 3 rings (SSSR count). The van der Waals surface area contributed by atoms with Crippen LogP contribution in [0.15, 0.2) is 52.7 Å². The Morgan fingerprint density at radius 3 is 2.76 bits per heavy atom. The fraction of sp³-hybridized carbons (Fsp3) is 0.0588. The Labute approximate surface area is 156 Å². The number of aromatic nitrogens is 1. The van der Waals surface area contributed by atoms with E-state index in [1.807, 2.05) is 24.3 Å². The third-order valence-electron chi connectivity index (χ3n) is 3.32. The molecule has 1 amide bonds. The molecule has 2 N–H and O–H groups in total. The molecule has 0 aliphatic carbocycles. The molecule has 0 fully saturated rings. The molecule has 0 aliphatic heterocycles. The number of ether oxygens (including phenoxy) is 1. The van der Waals surface area contributed by atoms with Crippen molar-refractivity contribution in [3.8, 4) is 17.7 Å². The van der Waals surface area contributed by atoms with Crippen LogP contribution in [0.3, 0.4) is 0 Å². The van der Waals surface area contributed by atoms with Gasteiger partial charge < -0.3 is 14.8 Å². The van der Waals surface area contributed by atoms with Gasteiger partial charge in [0.05, 0.1) is 17.1 Å². The molecule has 1 aromatic heterocycles. The Bertz CT molecular complexity index is 1000. The zero-order valence-electron chi connectivity index (χ0n) is 12.7. The van der Waals surface area contributed by atoms with Crippen molar-refractivity contribution < 1.29 is 14.6 Å². The number of rotatable bonds is 4. The molecule has 0 atom stereocenters. The molecule has 0 unspecified atom stereocenters. The van der Waals surface area contributed by atoms with Gasteiger partial charge in [-0.2, -0.15) is 5.26 Å². The van der Waals surface area contributed by atoms with Gasteiger partial charge in [0, 0.05) is 8.96 Å². The summed E-state index contributed by atoms with van der Waals surface area (Å²) in [6.07, 6.45) is 0. The molecule has 0 spiro atoms. The number of amides is 1. The molecule has 0 saturated heterocycles. The Morgan fingerprint density at radius 1 is 1.28 bits per heavy atom. The number of azo groups is 1. The van der Waals surface area contributed by atoms with Crippen molar-refractivity contribution >= 4 is 45.1 Å². The lowest BCUT2D eigenvalue weighted by Gasteiger charge is -2.02. The molecule has 0 aliphatic rings. The number of nitrogens with zero attached hydrogens (tertiary/aromatic N) is 3. The molecule has 0 bridgehead atoms. The number of nitrogens with one attached hydrogen (secondary N) is 1. The first-order valence-corrected chi connectivity index (χ1v) is 8.22. The minimum absolute atomic E-state index is 0.151. The lowest BCUT2D eigenvalue weighted by Crippen LogP contribution is -2.07. The molecule has 124 valence electrons. The molecule has 1 heterocycles. The van der Waals surface area contributed by atoms with Crippen molar-refractivity contribution in [3.63, 3.8) is 0 Å². The van der Waals surface area contributed by atoms with E-state index in [4.69, 9.17) is 10.00 Å². The summed E-state index contributed by atoms with van der Waals surface area (Å²) < 4.78 is 6.26. The lowest BCUT2D eigenvalue weighted by molar-refractivity contribution is -0.120. The van der Waals surface area contributed by atoms with Gasteiger partial charge in [-0.05, 0) is 65.1 Å². The highest BCUT2D eigenvalue weighted by Gasteiger charge is 2.11. The van der Waals surface area contributed by atoms with Crippen LogP contribution in [-0.4, -0.2) is 22.6 Å². The number of hydrogen-bond donors (Lipinski definition) is 2. The second-order valence-corrected chi connectivity index (χ2v) is 6.28. The van der Waals surface area contributed by atoms with Crippen molar-refractivity contribution in [1.29, 1.82) is 5.26 Å². The number of benzene rings is 2. The van der Waals surface area contributed by atoms with E-state index in [2.05, 4.69) is 37.8 Å². The zero-order valence-corrected chi connectivity index (χ0v) is 14.9. The van der Waals surface area contributed by atoms with Crippen LogP contribution in [0, 0.1) is 14.9 Å². The fourth-order valence-corrected chi connectivity index (χ4v) is 2.63. The standard InChI is InChI=1S/C17H11IN4O3/c18-11-3-6-14-13(7-11)16(17(24)20-14)22-21-15(23)9-25-12-4-1-10(8-19)2-5-12/h1-7,20,24H,9H2. The SMILES string of the molecule is N#Cc1ccc(OCC(=O)N=Nc2c(O)[nH]c3ccc(I)cc23)cc1. The Kier molecular flexibility index (Phi) is 4.95. The van der Waals surface area contributed by atoms with Gasteiger partial charge in [0.1, 0.15) is 5.75 Å². The first kappa shape index (κ1) is 16.9. The molecule has 2 aromatic carbocycles. The van der Waals surface area contributed by atoms with Gasteiger partial charge in [-0.15, -0.1) is 10.2 Å². The second-order valence-electron chi connectivity index (χ2n) is 5.03. The number of carbonyl (C=O) groups is 1. The molecule has 8 heteroatoms. The summed E-state index contributed by atoms with van der Waals surface area (Å²) >= 11 is 2.15. The summed E-state index contributed by atoms with van der Waals surface area (Å²) in [4.78, 5) is 14.6. The summed E-state index contributed by atoms with van der Waals surface area (Å²) in [6.45, 7) is -0.296. The van der Waals surface area contributed by atoms with Gasteiger partial charge in [-0.3, -0.25) is 4.79 Å². The van der Waals surface area contributed by atoms with E-state index < -0.39 is 5.91 Å². The van der Waals surface area contributed by atoms with Crippen LogP contribution in [-0.2, 0) is 4.79 Å². The van der Waals surface area contributed by atoms with Crippen molar-refractivity contribution in [2.75, 3.05) is 6.61 Å². The van der Waals surface area contributed by atoms with Crippen molar-refractivity contribution in [3.05, 3.63) is 51.6 Å². The van der Waals surface area contributed by atoms with E-state index in [0.29, 0.717) is 22.2 Å². The highest BCUT2D eigenvalue weighted by atomic mass is 127. The van der Waals surface area contributed by atoms with Crippen molar-refractivity contribution in [2.45, 2.75) is 0 Å². The van der Waals surface area contributed by atoms with Crippen molar-refractivity contribution in [2.24, 2.45) is 10.2 Å². The van der Waals surface area contributed by atoms with Gasteiger partial charge in [0.2, 0.25) is 5.88 Å². The predicted molar refractivity (Wildman–Crippen MR) is 98.9 cm³/mol. The number of fused-ring (bicyclic) bond motifs is 1. The van der Waals surface area contributed by atoms with Crippen LogP contribution >= 0.6 is 22.6 Å². The van der Waals surface area contributed by atoms with E-state index in [9.17, 15) is 9.90 Å². The third-order valence-corrected chi connectivity index (χ3v) is 3.99. The topological polar surface area (TPSA) is 111 Å². The number of H-pyrrole nitrogens is 1. The van der Waals surface area contributed by atoms with Gasteiger partial charge in [0.25, 0.3) is 0 Å². The number of nitriles is 1. The Hall–Kier alpha value is -2.93. The molecule has 0 saturated carbocycles.